The molecule has 3 N–H and O–H groups in total. The van der Waals surface area contributed by atoms with E-state index in [1.165, 1.54) is 18.3 Å². The fourth-order valence-electron chi connectivity index (χ4n) is 3.17. The van der Waals surface area contributed by atoms with Crippen molar-refractivity contribution in [2.75, 3.05) is 17.2 Å². The van der Waals surface area contributed by atoms with Crippen LogP contribution in [0.1, 0.15) is 48.5 Å². The molecule has 0 unspecified atom stereocenters. The maximum absolute atomic E-state index is 12.7. The topological polar surface area (TPSA) is 134 Å². The normalized spacial score (nSPS) is 12.8. The number of nitrogens with zero attached hydrogens (tertiary/aromatic N) is 1. The molecule has 1 fully saturated rings. The molecule has 2 aromatic rings. The molecule has 0 aliphatic heterocycles. The fraction of sp³-hybridized carbons (Fsp3) is 0.381. The second-order valence-corrected chi connectivity index (χ2v) is 8.92. The van der Waals surface area contributed by atoms with Gasteiger partial charge < -0.3 is 10.6 Å². The predicted molar refractivity (Wildman–Crippen MR) is 126 cm³/mol. The first-order valence-corrected chi connectivity index (χ1v) is 12.1. The molecular weight excluding hydrogens is 452 g/mol. The third kappa shape index (κ3) is 8.60. The summed E-state index contributed by atoms with van der Waals surface area (Å²) in [5.41, 5.74) is 2.17. The van der Waals surface area contributed by atoms with Gasteiger partial charge in [-0.1, -0.05) is 24.5 Å². The molecule has 0 saturated heterocycles. The molecular formula is C21H26N4O5S2. The van der Waals surface area contributed by atoms with Crippen molar-refractivity contribution in [2.45, 2.75) is 39.5 Å². The number of carbonyl (C=O) groups is 3. The van der Waals surface area contributed by atoms with E-state index >= 15 is 0 Å². The molecule has 3 amide bonds. The van der Waals surface area contributed by atoms with Crippen LogP contribution in [0.3, 0.4) is 0 Å². The standard InChI is InChI=1S/C17H19N3O2S.C4H7NO3S/c1-11-6-7-14(19-16(22)20-17-18-8-9-23-17)13(10-11)15(21)12-4-2-3-5-12;1-4(6)5-2-3-9(7)8/h6-10,12H,2-5H2,1H3,(H2,18,19,20,22);3H,2H2,1H3,(H,5,6). The van der Waals surface area contributed by atoms with Crippen LogP contribution in [0.15, 0.2) is 29.8 Å². The molecule has 1 aromatic heterocycles. The summed E-state index contributed by atoms with van der Waals surface area (Å²) in [5, 5.41) is 11.0. The van der Waals surface area contributed by atoms with E-state index in [1.807, 2.05) is 19.1 Å². The first-order valence-electron chi connectivity index (χ1n) is 10.0. The Hall–Kier alpha value is -3.05. The predicted octanol–water partition coefficient (Wildman–Crippen LogP) is 3.27. The van der Waals surface area contributed by atoms with E-state index in [0.29, 0.717) is 16.4 Å². The van der Waals surface area contributed by atoms with Gasteiger partial charge in [-0.2, -0.15) is 8.42 Å². The van der Waals surface area contributed by atoms with Crippen LogP contribution in [-0.2, 0) is 15.1 Å². The molecule has 11 heteroatoms. The second kappa shape index (κ2) is 12.7. The zero-order valence-electron chi connectivity index (χ0n) is 17.9. The van der Waals surface area contributed by atoms with Gasteiger partial charge in [0.15, 0.2) is 10.9 Å². The highest BCUT2D eigenvalue weighted by atomic mass is 32.2. The molecule has 0 atom stereocenters. The van der Waals surface area contributed by atoms with Crippen molar-refractivity contribution >= 4 is 55.5 Å². The molecule has 1 saturated carbocycles. The van der Waals surface area contributed by atoms with Gasteiger partial charge in [-0.05, 0) is 31.9 Å². The lowest BCUT2D eigenvalue weighted by Crippen LogP contribution is -2.22. The molecule has 0 spiro atoms. The number of hydrogen-bond donors (Lipinski definition) is 3. The molecule has 32 heavy (non-hydrogen) atoms. The van der Waals surface area contributed by atoms with Crippen LogP contribution in [0, 0.1) is 12.8 Å². The van der Waals surface area contributed by atoms with E-state index in [4.69, 9.17) is 0 Å². The minimum Gasteiger partial charge on any atom is -0.352 e. The smallest absolute Gasteiger partial charge is 0.325 e. The molecule has 1 aliphatic carbocycles. The number of anilines is 2. The molecule has 0 radical (unpaired) electrons. The lowest BCUT2D eigenvalue weighted by molar-refractivity contribution is -0.118. The number of Topliss-reactive ketones (excluding diaryl/α,β-unsaturated/α-hetero) is 1. The van der Waals surface area contributed by atoms with Gasteiger partial charge in [0.25, 0.3) is 0 Å². The van der Waals surface area contributed by atoms with Crippen molar-refractivity contribution in [3.05, 3.63) is 40.9 Å². The number of ketones is 1. The van der Waals surface area contributed by atoms with Gasteiger partial charge in [-0.25, -0.2) is 9.78 Å². The van der Waals surface area contributed by atoms with E-state index in [0.717, 1.165) is 36.6 Å². The lowest BCUT2D eigenvalue weighted by atomic mass is 9.94. The number of nitrogens with one attached hydrogen (secondary N) is 3. The zero-order valence-corrected chi connectivity index (χ0v) is 19.5. The van der Waals surface area contributed by atoms with Crippen molar-refractivity contribution in [1.29, 1.82) is 0 Å². The fourth-order valence-corrected chi connectivity index (χ4v) is 3.91. The summed E-state index contributed by atoms with van der Waals surface area (Å²) in [6.07, 6.45) is 5.72. The Balaban J connectivity index is 0.000000344. The van der Waals surface area contributed by atoms with Gasteiger partial charge in [-0.3, -0.25) is 14.9 Å². The number of thiazole rings is 1. The zero-order chi connectivity index (χ0) is 23.5. The number of urea groups is 1. The van der Waals surface area contributed by atoms with Crippen LogP contribution in [0.2, 0.25) is 0 Å². The molecule has 1 aliphatic rings. The third-order valence-electron chi connectivity index (χ3n) is 4.64. The largest absolute Gasteiger partial charge is 0.352 e. The monoisotopic (exact) mass is 478 g/mol. The van der Waals surface area contributed by atoms with Gasteiger partial charge in [0.1, 0.15) is 0 Å². The number of aromatic nitrogens is 1. The van der Waals surface area contributed by atoms with Crippen molar-refractivity contribution in [3.63, 3.8) is 0 Å². The van der Waals surface area contributed by atoms with Crippen LogP contribution in [-0.4, -0.2) is 43.0 Å². The van der Waals surface area contributed by atoms with E-state index in [1.54, 1.807) is 17.6 Å². The Morgan fingerprint density at radius 2 is 1.91 bits per heavy atom. The van der Waals surface area contributed by atoms with Crippen molar-refractivity contribution in [1.82, 2.24) is 10.3 Å². The van der Waals surface area contributed by atoms with E-state index < -0.39 is 10.3 Å². The van der Waals surface area contributed by atoms with Crippen molar-refractivity contribution in [2.24, 2.45) is 5.92 Å². The van der Waals surface area contributed by atoms with E-state index in [2.05, 4.69) is 20.9 Å². The van der Waals surface area contributed by atoms with Gasteiger partial charge >= 0.3 is 6.03 Å². The summed E-state index contributed by atoms with van der Waals surface area (Å²) in [6, 6.07) is 5.16. The Morgan fingerprint density at radius 3 is 2.50 bits per heavy atom. The van der Waals surface area contributed by atoms with E-state index in [-0.39, 0.29) is 30.2 Å². The summed E-state index contributed by atoms with van der Waals surface area (Å²) < 4.78 is 19.5. The number of rotatable bonds is 6. The van der Waals surface area contributed by atoms with Gasteiger partial charge in [0.05, 0.1) is 17.6 Å². The summed E-state index contributed by atoms with van der Waals surface area (Å²) in [6.45, 7) is 3.35. The highest BCUT2D eigenvalue weighted by Crippen LogP contribution is 2.31. The molecule has 1 heterocycles. The first-order chi connectivity index (χ1) is 15.3. The Labute approximate surface area is 192 Å². The maximum atomic E-state index is 12.7. The number of carbonyl (C=O) groups excluding carboxylic acids is 3. The number of hydrogen-bond acceptors (Lipinski definition) is 7. The quantitative estimate of drug-likeness (QED) is 0.431. The second-order valence-electron chi connectivity index (χ2n) is 7.18. The minimum absolute atomic E-state index is 0.0748. The number of aryl methyl sites for hydroxylation is 1. The molecule has 0 bridgehead atoms. The summed E-state index contributed by atoms with van der Waals surface area (Å²) in [5.74, 6) is -0.0215. The summed E-state index contributed by atoms with van der Waals surface area (Å²) in [4.78, 5) is 38.9. The highest BCUT2D eigenvalue weighted by molar-refractivity contribution is 7.71. The van der Waals surface area contributed by atoms with Crippen LogP contribution >= 0.6 is 11.3 Å². The maximum Gasteiger partial charge on any atom is 0.325 e. The third-order valence-corrected chi connectivity index (χ3v) is 5.77. The van der Waals surface area contributed by atoms with Crippen LogP contribution in [0.25, 0.3) is 0 Å². The number of benzene rings is 1. The highest BCUT2D eigenvalue weighted by Gasteiger charge is 2.26. The van der Waals surface area contributed by atoms with Gasteiger partial charge in [0, 0.05) is 30.0 Å². The minimum atomic E-state index is -2.17. The van der Waals surface area contributed by atoms with E-state index in [9.17, 15) is 22.8 Å². The Morgan fingerprint density at radius 1 is 1.19 bits per heavy atom. The lowest BCUT2D eigenvalue weighted by Gasteiger charge is -2.14. The summed E-state index contributed by atoms with van der Waals surface area (Å²) in [7, 11) is -2.17. The van der Waals surface area contributed by atoms with Gasteiger partial charge in [-0.15, -0.1) is 11.3 Å². The molecule has 1 aromatic carbocycles. The Bertz CT molecular complexity index is 1070. The van der Waals surface area contributed by atoms with Crippen molar-refractivity contribution < 1.29 is 22.8 Å². The SMILES string of the molecule is CC(=O)NCC=S(=O)=O.Cc1ccc(NC(=O)Nc2nccs2)c(C(=O)C2CCCC2)c1. The summed E-state index contributed by atoms with van der Waals surface area (Å²) >= 11 is 1.35. The Kier molecular flexibility index (Phi) is 10.0. The molecule has 172 valence electrons. The average molecular weight is 479 g/mol. The molecule has 3 rings (SSSR count). The number of amides is 3. The van der Waals surface area contributed by atoms with Crippen LogP contribution in [0.5, 0.6) is 0 Å². The van der Waals surface area contributed by atoms with Crippen LogP contribution < -0.4 is 16.0 Å². The van der Waals surface area contributed by atoms with Crippen LogP contribution in [0.4, 0.5) is 15.6 Å². The van der Waals surface area contributed by atoms with Crippen molar-refractivity contribution in [3.8, 4) is 0 Å². The first kappa shape index (κ1) is 25.2. The average Bonchev–Trinajstić information content (AvgIpc) is 3.43. The molecule has 9 nitrogen and oxygen atoms in total. The van der Waals surface area contributed by atoms with Gasteiger partial charge in [0.2, 0.25) is 16.2 Å².